The quantitative estimate of drug-likeness (QED) is 0.596. The van der Waals surface area contributed by atoms with Crippen LogP contribution < -0.4 is 0 Å². The van der Waals surface area contributed by atoms with Gasteiger partial charge in [-0.1, -0.05) is 5.16 Å². The zero-order chi connectivity index (χ0) is 7.52. The van der Waals surface area contributed by atoms with Crippen molar-refractivity contribution in [3.05, 3.63) is 18.7 Å². The Bertz CT molecular complexity index is 242. The molecule has 1 atom stereocenters. The van der Waals surface area contributed by atoms with Gasteiger partial charge in [0.2, 0.25) is 0 Å². The summed E-state index contributed by atoms with van der Waals surface area (Å²) in [6, 6.07) is 0.325. The molecular formula is C7H9N3O. The molecule has 2 rings (SSSR count). The van der Waals surface area contributed by atoms with Crippen LogP contribution >= 0.6 is 0 Å². The van der Waals surface area contributed by atoms with E-state index >= 15 is 0 Å². The van der Waals surface area contributed by atoms with Gasteiger partial charge < -0.3 is 9.40 Å². The number of imidazole rings is 1. The fourth-order valence-electron chi connectivity index (χ4n) is 1.11. The summed E-state index contributed by atoms with van der Waals surface area (Å²) in [5.41, 5.74) is 0. The highest BCUT2D eigenvalue weighted by molar-refractivity contribution is 5.62. The van der Waals surface area contributed by atoms with E-state index in [1.165, 1.54) is 0 Å². The zero-order valence-electron chi connectivity index (χ0n) is 6.05. The first-order valence-electron chi connectivity index (χ1n) is 3.60. The summed E-state index contributed by atoms with van der Waals surface area (Å²) in [4.78, 5) is 8.79. The van der Waals surface area contributed by atoms with Gasteiger partial charge in [-0.25, -0.2) is 4.98 Å². The molecule has 11 heavy (non-hydrogen) atoms. The second-order valence-corrected chi connectivity index (χ2v) is 2.45. The lowest BCUT2D eigenvalue weighted by Gasteiger charge is -2.15. The van der Waals surface area contributed by atoms with E-state index in [-0.39, 0.29) is 0 Å². The SMILES string of the molecule is C1=NOCCC1n1ccnc1. The Morgan fingerprint density at radius 3 is 3.18 bits per heavy atom. The van der Waals surface area contributed by atoms with Crippen molar-refractivity contribution in [3.8, 4) is 0 Å². The summed E-state index contributed by atoms with van der Waals surface area (Å²) in [6.45, 7) is 0.694. The molecule has 0 aliphatic carbocycles. The van der Waals surface area contributed by atoms with E-state index in [2.05, 4.69) is 10.1 Å². The van der Waals surface area contributed by atoms with Gasteiger partial charge in [0.25, 0.3) is 0 Å². The summed E-state index contributed by atoms with van der Waals surface area (Å²) in [7, 11) is 0. The molecule has 0 N–H and O–H groups in total. The maximum absolute atomic E-state index is 4.83. The predicted molar refractivity (Wildman–Crippen MR) is 40.3 cm³/mol. The number of rotatable bonds is 1. The summed E-state index contributed by atoms with van der Waals surface area (Å²) in [6.07, 6.45) is 8.26. The van der Waals surface area contributed by atoms with Crippen LogP contribution in [0, 0.1) is 0 Å². The van der Waals surface area contributed by atoms with Gasteiger partial charge in [0.1, 0.15) is 6.61 Å². The van der Waals surface area contributed by atoms with Crippen LogP contribution in [0.15, 0.2) is 23.9 Å². The second kappa shape index (κ2) is 2.74. The average molecular weight is 151 g/mol. The van der Waals surface area contributed by atoms with Gasteiger partial charge in [-0.3, -0.25) is 0 Å². The van der Waals surface area contributed by atoms with E-state index in [1.807, 2.05) is 10.8 Å². The smallest absolute Gasteiger partial charge is 0.119 e. The molecule has 1 aromatic heterocycles. The largest absolute Gasteiger partial charge is 0.396 e. The summed E-state index contributed by atoms with van der Waals surface area (Å²) < 4.78 is 2.02. The average Bonchev–Trinajstić information content (AvgIpc) is 2.58. The molecule has 0 saturated heterocycles. The molecule has 0 spiro atoms. The van der Waals surface area contributed by atoms with Crippen LogP contribution in [0.4, 0.5) is 0 Å². The lowest BCUT2D eigenvalue weighted by molar-refractivity contribution is 0.122. The fraction of sp³-hybridized carbons (Fsp3) is 0.429. The van der Waals surface area contributed by atoms with Gasteiger partial charge in [-0.15, -0.1) is 0 Å². The van der Waals surface area contributed by atoms with E-state index in [0.29, 0.717) is 12.6 Å². The van der Waals surface area contributed by atoms with Gasteiger partial charge in [0, 0.05) is 18.8 Å². The molecule has 0 fully saturated rings. The number of hydrogen-bond acceptors (Lipinski definition) is 3. The molecular weight excluding hydrogens is 142 g/mol. The third kappa shape index (κ3) is 1.24. The first-order valence-corrected chi connectivity index (χ1v) is 3.60. The Morgan fingerprint density at radius 2 is 2.55 bits per heavy atom. The lowest BCUT2D eigenvalue weighted by atomic mass is 10.2. The Labute approximate surface area is 64.5 Å². The second-order valence-electron chi connectivity index (χ2n) is 2.45. The normalized spacial score (nSPS) is 23.1. The number of oxime groups is 1. The minimum Gasteiger partial charge on any atom is -0.396 e. The molecule has 1 aliphatic rings. The molecule has 4 nitrogen and oxygen atoms in total. The molecule has 0 saturated carbocycles. The third-order valence-electron chi connectivity index (χ3n) is 1.72. The predicted octanol–water partition coefficient (Wildman–Crippen LogP) is 0.830. The maximum atomic E-state index is 4.83. The zero-order valence-corrected chi connectivity index (χ0v) is 6.05. The van der Waals surface area contributed by atoms with Crippen LogP contribution in [0.25, 0.3) is 0 Å². The maximum Gasteiger partial charge on any atom is 0.119 e. The molecule has 0 radical (unpaired) electrons. The van der Waals surface area contributed by atoms with Crippen molar-refractivity contribution in [2.24, 2.45) is 5.16 Å². The van der Waals surface area contributed by atoms with Crippen molar-refractivity contribution in [1.29, 1.82) is 0 Å². The third-order valence-corrected chi connectivity index (χ3v) is 1.72. The van der Waals surface area contributed by atoms with Crippen molar-refractivity contribution in [2.75, 3.05) is 6.61 Å². The lowest BCUT2D eigenvalue weighted by Crippen LogP contribution is -2.14. The first-order chi connectivity index (χ1) is 5.47. The van der Waals surface area contributed by atoms with Crippen molar-refractivity contribution < 1.29 is 4.84 Å². The monoisotopic (exact) mass is 151 g/mol. The van der Waals surface area contributed by atoms with E-state index in [0.717, 1.165) is 6.42 Å². The van der Waals surface area contributed by atoms with E-state index in [4.69, 9.17) is 4.84 Å². The van der Waals surface area contributed by atoms with Gasteiger partial charge in [0.05, 0.1) is 18.6 Å². The molecule has 0 aromatic carbocycles. The molecule has 1 aliphatic heterocycles. The molecule has 4 heteroatoms. The van der Waals surface area contributed by atoms with Gasteiger partial charge in [-0.05, 0) is 0 Å². The van der Waals surface area contributed by atoms with Crippen LogP contribution in [0.3, 0.4) is 0 Å². The standard InChI is InChI=1S/C7H9N3O/c1-4-11-9-5-7(1)10-3-2-8-6-10/h2-3,5-7H,1,4H2. The van der Waals surface area contributed by atoms with E-state index < -0.39 is 0 Å². The van der Waals surface area contributed by atoms with E-state index in [9.17, 15) is 0 Å². The van der Waals surface area contributed by atoms with Crippen molar-refractivity contribution in [3.63, 3.8) is 0 Å². The van der Waals surface area contributed by atoms with Gasteiger partial charge in [-0.2, -0.15) is 0 Å². The minimum absolute atomic E-state index is 0.325. The number of nitrogens with zero attached hydrogens (tertiary/aromatic N) is 3. The Balaban J connectivity index is 2.16. The highest BCUT2D eigenvalue weighted by Gasteiger charge is 2.10. The Hall–Kier alpha value is -1.32. The van der Waals surface area contributed by atoms with Crippen molar-refractivity contribution in [2.45, 2.75) is 12.5 Å². The molecule has 58 valence electrons. The summed E-state index contributed by atoms with van der Waals surface area (Å²) >= 11 is 0. The van der Waals surface area contributed by atoms with Crippen molar-refractivity contribution >= 4 is 6.21 Å². The van der Waals surface area contributed by atoms with Gasteiger partial charge >= 0.3 is 0 Å². The van der Waals surface area contributed by atoms with Crippen LogP contribution in [0.2, 0.25) is 0 Å². The van der Waals surface area contributed by atoms with Crippen LogP contribution in [0.1, 0.15) is 12.5 Å². The highest BCUT2D eigenvalue weighted by Crippen LogP contribution is 2.11. The topological polar surface area (TPSA) is 39.4 Å². The van der Waals surface area contributed by atoms with E-state index in [1.54, 1.807) is 18.7 Å². The minimum atomic E-state index is 0.325. The fourth-order valence-corrected chi connectivity index (χ4v) is 1.11. The highest BCUT2D eigenvalue weighted by atomic mass is 16.6. The summed E-state index contributed by atoms with van der Waals surface area (Å²) in [5.74, 6) is 0. The number of hydrogen-bond donors (Lipinski definition) is 0. The molecule has 0 bridgehead atoms. The van der Waals surface area contributed by atoms with Crippen LogP contribution in [0.5, 0.6) is 0 Å². The molecule has 1 unspecified atom stereocenters. The molecule has 2 heterocycles. The Kier molecular flexibility index (Phi) is 1.59. The Morgan fingerprint density at radius 1 is 1.55 bits per heavy atom. The summed E-state index contributed by atoms with van der Waals surface area (Å²) in [5, 5.41) is 3.74. The van der Waals surface area contributed by atoms with Crippen LogP contribution in [-0.2, 0) is 4.84 Å². The van der Waals surface area contributed by atoms with Gasteiger partial charge in [0.15, 0.2) is 0 Å². The molecule has 1 aromatic rings. The number of aromatic nitrogens is 2. The molecule has 0 amide bonds. The van der Waals surface area contributed by atoms with Crippen LogP contribution in [-0.4, -0.2) is 22.4 Å². The first kappa shape index (κ1) is 6.39. The van der Waals surface area contributed by atoms with Crippen molar-refractivity contribution in [1.82, 2.24) is 9.55 Å².